The Morgan fingerprint density at radius 1 is 0.947 bits per heavy atom. The van der Waals surface area contributed by atoms with Crippen LogP contribution in [0, 0.1) is 0 Å². The number of hydrogen-bond acceptors (Lipinski definition) is 3. The molecule has 0 saturated carbocycles. The van der Waals surface area contributed by atoms with E-state index in [1.807, 2.05) is 14.1 Å². The van der Waals surface area contributed by atoms with Gasteiger partial charge in [-0.25, -0.2) is 0 Å². The molecule has 0 atom stereocenters. The number of rotatable bonds is 2. The maximum atomic E-state index is 4.12. The van der Waals surface area contributed by atoms with Crippen LogP contribution < -0.4 is 15.5 Å². The van der Waals surface area contributed by atoms with Crippen LogP contribution in [0.15, 0.2) is 61.2 Å². The molecule has 1 fully saturated rings. The second-order valence-corrected chi connectivity index (χ2v) is 5.25. The first-order chi connectivity index (χ1) is 8.85. The van der Waals surface area contributed by atoms with Crippen molar-refractivity contribution >= 4 is 5.69 Å². The van der Waals surface area contributed by atoms with E-state index in [1.54, 1.807) is 0 Å². The van der Waals surface area contributed by atoms with Crippen LogP contribution in [0.2, 0.25) is 0 Å². The van der Waals surface area contributed by atoms with Crippen molar-refractivity contribution in [3.05, 3.63) is 66.8 Å². The highest BCUT2D eigenvalue weighted by Crippen LogP contribution is 2.38. The summed E-state index contributed by atoms with van der Waals surface area (Å²) in [5.41, 5.74) is 3.76. The predicted molar refractivity (Wildman–Crippen MR) is 81.8 cm³/mol. The second-order valence-electron chi connectivity index (χ2n) is 5.25. The van der Waals surface area contributed by atoms with E-state index in [-0.39, 0.29) is 5.41 Å². The molecular formula is C16H21N3. The Morgan fingerprint density at radius 2 is 1.42 bits per heavy atom. The fourth-order valence-corrected chi connectivity index (χ4v) is 2.27. The molecule has 1 aromatic carbocycles. The van der Waals surface area contributed by atoms with Crippen LogP contribution in [-0.4, -0.2) is 14.1 Å². The largest absolute Gasteiger partial charge is 0.378 e. The molecule has 0 aliphatic carbocycles. The van der Waals surface area contributed by atoms with Crippen molar-refractivity contribution in [1.29, 1.82) is 0 Å². The zero-order valence-electron chi connectivity index (χ0n) is 11.9. The lowest BCUT2D eigenvalue weighted by atomic mass is 9.76. The van der Waals surface area contributed by atoms with Crippen LogP contribution >= 0.6 is 0 Å². The highest BCUT2D eigenvalue weighted by atomic mass is 15.1. The molecule has 1 aliphatic rings. The van der Waals surface area contributed by atoms with Crippen LogP contribution in [0.25, 0.3) is 0 Å². The van der Waals surface area contributed by atoms with E-state index in [0.717, 1.165) is 22.8 Å². The van der Waals surface area contributed by atoms with Gasteiger partial charge >= 0.3 is 0 Å². The Morgan fingerprint density at radius 3 is 1.84 bits per heavy atom. The summed E-state index contributed by atoms with van der Waals surface area (Å²) in [6.07, 6.45) is 0. The van der Waals surface area contributed by atoms with E-state index in [2.05, 4.69) is 66.5 Å². The molecule has 2 rings (SSSR count). The molecule has 1 heterocycles. The Kier molecular flexibility index (Phi) is 3.14. The van der Waals surface area contributed by atoms with Gasteiger partial charge in [0, 0.05) is 31.2 Å². The fraction of sp³-hybridized carbons (Fsp3) is 0.250. The van der Waals surface area contributed by atoms with E-state index in [1.165, 1.54) is 5.69 Å². The summed E-state index contributed by atoms with van der Waals surface area (Å²) in [6.45, 7) is 14.2. The van der Waals surface area contributed by atoms with Gasteiger partial charge in [-0.05, 0) is 24.6 Å². The Hall–Kier alpha value is -2.16. The number of anilines is 1. The summed E-state index contributed by atoms with van der Waals surface area (Å²) in [6, 6.07) is 8.43. The van der Waals surface area contributed by atoms with Crippen molar-refractivity contribution < 1.29 is 0 Å². The minimum absolute atomic E-state index is 0.341. The smallest absolute Gasteiger partial charge is 0.0997 e. The molecule has 0 unspecified atom stereocenters. The molecule has 0 spiro atoms. The molecule has 1 saturated heterocycles. The average molecular weight is 255 g/mol. The molecule has 2 N–H and O–H groups in total. The van der Waals surface area contributed by atoms with Crippen LogP contribution in [0.1, 0.15) is 12.5 Å². The molecule has 0 bridgehead atoms. The van der Waals surface area contributed by atoms with E-state index in [4.69, 9.17) is 0 Å². The third kappa shape index (κ3) is 2.12. The van der Waals surface area contributed by atoms with Crippen molar-refractivity contribution in [2.45, 2.75) is 12.3 Å². The minimum atomic E-state index is -0.341. The maximum Gasteiger partial charge on any atom is 0.0997 e. The van der Waals surface area contributed by atoms with Gasteiger partial charge in [0.05, 0.1) is 11.2 Å². The highest BCUT2D eigenvalue weighted by molar-refractivity contribution is 5.52. The lowest BCUT2D eigenvalue weighted by Gasteiger charge is -2.40. The monoisotopic (exact) mass is 255 g/mol. The molecular weight excluding hydrogens is 234 g/mol. The topological polar surface area (TPSA) is 27.3 Å². The predicted octanol–water partition coefficient (Wildman–Crippen LogP) is 2.70. The van der Waals surface area contributed by atoms with Crippen molar-refractivity contribution in [2.75, 3.05) is 19.0 Å². The fourth-order valence-electron chi connectivity index (χ4n) is 2.27. The highest BCUT2D eigenvalue weighted by Gasteiger charge is 2.37. The van der Waals surface area contributed by atoms with E-state index in [9.17, 15) is 0 Å². The van der Waals surface area contributed by atoms with E-state index in [0.29, 0.717) is 0 Å². The van der Waals surface area contributed by atoms with Crippen molar-refractivity contribution in [1.82, 2.24) is 10.6 Å². The van der Waals surface area contributed by atoms with Gasteiger partial charge in [-0.2, -0.15) is 0 Å². The number of hydrogen-bond donors (Lipinski definition) is 2. The first-order valence-corrected chi connectivity index (χ1v) is 6.25. The van der Waals surface area contributed by atoms with Crippen LogP contribution in [-0.2, 0) is 5.41 Å². The van der Waals surface area contributed by atoms with Gasteiger partial charge < -0.3 is 15.5 Å². The van der Waals surface area contributed by atoms with E-state index >= 15 is 0 Å². The number of benzene rings is 1. The quantitative estimate of drug-likeness (QED) is 0.851. The number of nitrogens with one attached hydrogen (secondary N) is 2. The van der Waals surface area contributed by atoms with Gasteiger partial charge in [0.1, 0.15) is 0 Å². The average Bonchev–Trinajstić information content (AvgIpc) is 2.35. The standard InChI is InChI=1S/C16H21N3/c1-11-16(4,12(2)18-13(3)17-11)14-7-9-15(10-8-14)19(5)6/h7-10,17-18H,1-3H2,4-6H3. The van der Waals surface area contributed by atoms with Gasteiger partial charge in [0.25, 0.3) is 0 Å². The van der Waals surface area contributed by atoms with Gasteiger partial charge in [-0.15, -0.1) is 0 Å². The first kappa shape index (κ1) is 13.3. The third-order valence-corrected chi connectivity index (χ3v) is 3.77. The van der Waals surface area contributed by atoms with Crippen LogP contribution in [0.5, 0.6) is 0 Å². The Labute approximate surface area is 115 Å². The van der Waals surface area contributed by atoms with Crippen LogP contribution in [0.4, 0.5) is 5.69 Å². The molecule has 19 heavy (non-hydrogen) atoms. The van der Waals surface area contributed by atoms with Crippen LogP contribution in [0.3, 0.4) is 0 Å². The van der Waals surface area contributed by atoms with Crippen molar-refractivity contribution in [2.24, 2.45) is 0 Å². The lowest BCUT2D eigenvalue weighted by molar-refractivity contribution is 0.526. The zero-order valence-corrected chi connectivity index (χ0v) is 11.9. The van der Waals surface area contributed by atoms with Gasteiger partial charge in [-0.1, -0.05) is 31.9 Å². The SMILES string of the molecule is C=C1NC(=C)C(C)(c2ccc(N(C)C)cc2)C(=C)N1. The van der Waals surface area contributed by atoms with Gasteiger partial charge in [0.2, 0.25) is 0 Å². The zero-order chi connectivity index (χ0) is 14.2. The molecule has 3 nitrogen and oxygen atoms in total. The minimum Gasteiger partial charge on any atom is -0.378 e. The van der Waals surface area contributed by atoms with E-state index < -0.39 is 0 Å². The Bertz CT molecular complexity index is 518. The summed E-state index contributed by atoms with van der Waals surface area (Å²) < 4.78 is 0. The molecule has 100 valence electrons. The van der Waals surface area contributed by atoms with Crippen molar-refractivity contribution in [3.63, 3.8) is 0 Å². The molecule has 0 amide bonds. The molecule has 1 aromatic rings. The van der Waals surface area contributed by atoms with Gasteiger partial charge in [0.15, 0.2) is 0 Å². The third-order valence-electron chi connectivity index (χ3n) is 3.77. The molecule has 0 aromatic heterocycles. The maximum absolute atomic E-state index is 4.12. The second kappa shape index (κ2) is 4.50. The molecule has 0 radical (unpaired) electrons. The number of nitrogens with zero attached hydrogens (tertiary/aromatic N) is 1. The molecule has 1 aliphatic heterocycles. The summed E-state index contributed by atoms with van der Waals surface area (Å²) >= 11 is 0. The summed E-state index contributed by atoms with van der Waals surface area (Å²) in [5.74, 6) is 0.720. The Balaban J connectivity index is 2.41. The van der Waals surface area contributed by atoms with Crippen molar-refractivity contribution in [3.8, 4) is 0 Å². The first-order valence-electron chi connectivity index (χ1n) is 6.25. The summed E-state index contributed by atoms with van der Waals surface area (Å²) in [4.78, 5) is 2.08. The molecule has 3 heteroatoms. The lowest BCUT2D eigenvalue weighted by Crippen LogP contribution is -2.46. The van der Waals surface area contributed by atoms with Gasteiger partial charge in [-0.3, -0.25) is 0 Å². The normalized spacial score (nSPS) is 17.7. The summed E-state index contributed by atoms with van der Waals surface area (Å²) in [5, 5.41) is 6.33. The summed E-state index contributed by atoms with van der Waals surface area (Å²) in [7, 11) is 4.06.